The zero-order valence-corrected chi connectivity index (χ0v) is 9.15. The van der Waals surface area contributed by atoms with E-state index in [0.29, 0.717) is 12.0 Å². The van der Waals surface area contributed by atoms with Crippen LogP contribution in [0.3, 0.4) is 0 Å². The van der Waals surface area contributed by atoms with Crippen molar-refractivity contribution in [3.05, 3.63) is 35.4 Å². The average Bonchev–Trinajstić information content (AvgIpc) is 2.47. The van der Waals surface area contributed by atoms with Gasteiger partial charge in [0.05, 0.1) is 0 Å². The predicted molar refractivity (Wildman–Crippen MR) is 56.8 cm³/mol. The number of aliphatic hydroxyl groups is 1. The summed E-state index contributed by atoms with van der Waals surface area (Å²) in [5.41, 5.74) is -0.745. The molecule has 0 radical (unpaired) electrons. The normalized spacial score (nSPS) is 30.8. The first-order valence-electron chi connectivity index (χ1n) is 4.83. The molecule has 1 fully saturated rings. The van der Waals surface area contributed by atoms with Crippen molar-refractivity contribution in [2.45, 2.75) is 24.2 Å². The van der Waals surface area contributed by atoms with Gasteiger partial charge in [-0.2, -0.15) is 11.8 Å². The van der Waals surface area contributed by atoms with Crippen molar-refractivity contribution in [2.75, 3.05) is 5.75 Å². The van der Waals surface area contributed by atoms with E-state index in [-0.39, 0.29) is 5.25 Å². The van der Waals surface area contributed by atoms with E-state index in [9.17, 15) is 13.9 Å². The molecule has 2 atom stereocenters. The van der Waals surface area contributed by atoms with Crippen LogP contribution in [-0.4, -0.2) is 16.1 Å². The minimum Gasteiger partial charge on any atom is -0.384 e. The lowest BCUT2D eigenvalue weighted by atomic mass is 9.88. The molecule has 4 heteroatoms. The SMILES string of the molecule is CC1SCCC1(O)c1cc(F)cc(F)c1. The number of hydrogen-bond donors (Lipinski definition) is 1. The molecule has 0 saturated carbocycles. The molecule has 1 N–H and O–H groups in total. The van der Waals surface area contributed by atoms with E-state index >= 15 is 0 Å². The molecule has 1 nitrogen and oxygen atoms in total. The minimum absolute atomic E-state index is 0.0290. The Hall–Kier alpha value is -0.610. The molecule has 2 rings (SSSR count). The van der Waals surface area contributed by atoms with Crippen molar-refractivity contribution >= 4 is 11.8 Å². The quantitative estimate of drug-likeness (QED) is 0.800. The van der Waals surface area contributed by atoms with Crippen molar-refractivity contribution in [2.24, 2.45) is 0 Å². The van der Waals surface area contributed by atoms with Gasteiger partial charge in [0, 0.05) is 11.3 Å². The number of thioether (sulfide) groups is 1. The molecular weight excluding hydrogens is 218 g/mol. The highest BCUT2D eigenvalue weighted by atomic mass is 32.2. The Labute approximate surface area is 91.5 Å². The molecule has 0 bridgehead atoms. The molecule has 1 aromatic rings. The monoisotopic (exact) mass is 230 g/mol. The van der Waals surface area contributed by atoms with E-state index in [1.807, 2.05) is 6.92 Å². The summed E-state index contributed by atoms with van der Waals surface area (Å²) < 4.78 is 26.0. The third kappa shape index (κ3) is 1.88. The fourth-order valence-corrected chi connectivity index (χ4v) is 3.23. The third-order valence-corrected chi connectivity index (χ3v) is 4.22. The summed E-state index contributed by atoms with van der Waals surface area (Å²) in [6, 6.07) is 3.25. The Kier molecular flexibility index (Phi) is 2.73. The Balaban J connectivity index is 2.44. The molecule has 0 spiro atoms. The fraction of sp³-hybridized carbons (Fsp3) is 0.455. The molecule has 82 valence electrons. The standard InChI is InChI=1S/C11H12F2OS/c1-7-11(14,2-3-15-7)8-4-9(12)6-10(13)5-8/h4-7,14H,2-3H2,1H3. The molecule has 1 aliphatic rings. The molecule has 1 heterocycles. The van der Waals surface area contributed by atoms with E-state index in [2.05, 4.69) is 0 Å². The van der Waals surface area contributed by atoms with E-state index in [1.54, 1.807) is 11.8 Å². The summed E-state index contributed by atoms with van der Waals surface area (Å²) in [5.74, 6) is -0.458. The van der Waals surface area contributed by atoms with Crippen LogP contribution in [0.5, 0.6) is 0 Å². The Morgan fingerprint density at radius 2 is 1.93 bits per heavy atom. The second kappa shape index (κ2) is 3.76. The van der Waals surface area contributed by atoms with Crippen LogP contribution in [0.4, 0.5) is 8.78 Å². The number of hydrogen-bond acceptors (Lipinski definition) is 2. The van der Waals surface area contributed by atoms with Gasteiger partial charge in [0.25, 0.3) is 0 Å². The topological polar surface area (TPSA) is 20.2 Å². The lowest BCUT2D eigenvalue weighted by Crippen LogP contribution is -2.31. The smallest absolute Gasteiger partial charge is 0.126 e. The van der Waals surface area contributed by atoms with Gasteiger partial charge >= 0.3 is 0 Å². The zero-order chi connectivity index (χ0) is 11.1. The molecular formula is C11H12F2OS. The minimum atomic E-state index is -1.09. The van der Waals surface area contributed by atoms with Crippen molar-refractivity contribution in [1.29, 1.82) is 0 Å². The maximum absolute atomic E-state index is 13.0. The zero-order valence-electron chi connectivity index (χ0n) is 8.34. The summed E-state index contributed by atoms with van der Waals surface area (Å²) >= 11 is 1.62. The first-order valence-corrected chi connectivity index (χ1v) is 5.88. The molecule has 1 saturated heterocycles. The summed E-state index contributed by atoms with van der Waals surface area (Å²) in [7, 11) is 0. The Morgan fingerprint density at radius 1 is 1.33 bits per heavy atom. The number of benzene rings is 1. The van der Waals surface area contributed by atoms with Gasteiger partial charge in [0.2, 0.25) is 0 Å². The highest BCUT2D eigenvalue weighted by Gasteiger charge is 2.40. The van der Waals surface area contributed by atoms with Crippen LogP contribution in [0.1, 0.15) is 18.9 Å². The van der Waals surface area contributed by atoms with Gasteiger partial charge in [0.1, 0.15) is 17.2 Å². The Bertz CT molecular complexity index is 363. The lowest BCUT2D eigenvalue weighted by Gasteiger charge is -2.27. The van der Waals surface area contributed by atoms with Gasteiger partial charge in [-0.25, -0.2) is 8.78 Å². The van der Waals surface area contributed by atoms with E-state index in [4.69, 9.17) is 0 Å². The second-order valence-corrected chi connectivity index (χ2v) is 5.29. The fourth-order valence-electron chi connectivity index (χ4n) is 1.92. The van der Waals surface area contributed by atoms with Crippen LogP contribution in [0.15, 0.2) is 18.2 Å². The summed E-state index contributed by atoms with van der Waals surface area (Å²) in [6.45, 7) is 1.88. The van der Waals surface area contributed by atoms with Gasteiger partial charge in [0.15, 0.2) is 0 Å². The summed E-state index contributed by atoms with van der Waals surface area (Å²) in [5, 5.41) is 10.3. The highest BCUT2D eigenvalue weighted by Crippen LogP contribution is 2.43. The van der Waals surface area contributed by atoms with Crippen LogP contribution in [0.25, 0.3) is 0 Å². The van der Waals surface area contributed by atoms with Crippen LogP contribution in [-0.2, 0) is 5.60 Å². The first kappa shape index (κ1) is 10.9. The van der Waals surface area contributed by atoms with Crippen molar-refractivity contribution in [3.63, 3.8) is 0 Å². The van der Waals surface area contributed by atoms with Gasteiger partial charge in [-0.1, -0.05) is 6.92 Å². The van der Waals surface area contributed by atoms with Crippen LogP contribution >= 0.6 is 11.8 Å². The van der Waals surface area contributed by atoms with Crippen molar-refractivity contribution in [1.82, 2.24) is 0 Å². The van der Waals surface area contributed by atoms with E-state index in [0.717, 1.165) is 11.8 Å². The lowest BCUT2D eigenvalue weighted by molar-refractivity contribution is 0.0420. The third-order valence-electron chi connectivity index (χ3n) is 2.89. The number of halogens is 2. The highest BCUT2D eigenvalue weighted by molar-refractivity contribution is 8.00. The van der Waals surface area contributed by atoms with Crippen LogP contribution in [0, 0.1) is 11.6 Å². The molecule has 0 aliphatic carbocycles. The molecule has 1 aromatic carbocycles. The van der Waals surface area contributed by atoms with Gasteiger partial charge in [-0.05, 0) is 29.9 Å². The molecule has 0 aromatic heterocycles. The molecule has 1 aliphatic heterocycles. The van der Waals surface area contributed by atoms with Gasteiger partial charge < -0.3 is 5.11 Å². The molecule has 2 unspecified atom stereocenters. The number of rotatable bonds is 1. The maximum Gasteiger partial charge on any atom is 0.126 e. The summed E-state index contributed by atoms with van der Waals surface area (Å²) in [4.78, 5) is 0. The Morgan fingerprint density at radius 3 is 2.40 bits per heavy atom. The molecule has 15 heavy (non-hydrogen) atoms. The van der Waals surface area contributed by atoms with Gasteiger partial charge in [-0.3, -0.25) is 0 Å². The maximum atomic E-state index is 13.0. The van der Waals surface area contributed by atoms with Gasteiger partial charge in [-0.15, -0.1) is 0 Å². The summed E-state index contributed by atoms with van der Waals surface area (Å²) in [6.07, 6.45) is 0.543. The van der Waals surface area contributed by atoms with Crippen LogP contribution < -0.4 is 0 Å². The average molecular weight is 230 g/mol. The van der Waals surface area contributed by atoms with E-state index < -0.39 is 17.2 Å². The molecule has 0 amide bonds. The van der Waals surface area contributed by atoms with Crippen molar-refractivity contribution in [3.8, 4) is 0 Å². The van der Waals surface area contributed by atoms with Crippen molar-refractivity contribution < 1.29 is 13.9 Å². The predicted octanol–water partition coefficient (Wildman–Crippen LogP) is 2.68. The van der Waals surface area contributed by atoms with Crippen LogP contribution in [0.2, 0.25) is 0 Å². The second-order valence-electron chi connectivity index (χ2n) is 3.85. The largest absolute Gasteiger partial charge is 0.384 e. The first-order chi connectivity index (χ1) is 7.02. The van der Waals surface area contributed by atoms with E-state index in [1.165, 1.54) is 12.1 Å².